The summed E-state index contributed by atoms with van der Waals surface area (Å²) in [6.07, 6.45) is -0.237. The van der Waals surface area contributed by atoms with Gasteiger partial charge in [0.15, 0.2) is 6.10 Å². The zero-order valence-electron chi connectivity index (χ0n) is 7.32. The average Bonchev–Trinajstić information content (AvgIpc) is 2.33. The van der Waals surface area contributed by atoms with Gasteiger partial charge in [0.05, 0.1) is 12.8 Å². The summed E-state index contributed by atoms with van der Waals surface area (Å²) >= 11 is 0. The normalized spacial score (nSPS) is 30.6. The highest BCUT2D eigenvalue weighted by Crippen LogP contribution is 2.16. The van der Waals surface area contributed by atoms with E-state index in [0.717, 1.165) is 0 Å². The Bertz CT molecular complexity index is 164. The van der Waals surface area contributed by atoms with E-state index in [9.17, 15) is 4.79 Å². The molecule has 1 fully saturated rings. The molecule has 70 valence electrons. The van der Waals surface area contributed by atoms with Gasteiger partial charge in [-0.15, -0.1) is 0 Å². The molecule has 0 aromatic carbocycles. The second kappa shape index (κ2) is 3.84. The number of hydrogen-bond acceptors (Lipinski definition) is 5. The van der Waals surface area contributed by atoms with Crippen molar-refractivity contribution in [2.45, 2.75) is 25.6 Å². The van der Waals surface area contributed by atoms with Crippen LogP contribution < -0.4 is 5.73 Å². The summed E-state index contributed by atoms with van der Waals surface area (Å²) in [6.45, 7) is 2.13. The van der Waals surface area contributed by atoms with Crippen molar-refractivity contribution in [2.24, 2.45) is 5.73 Å². The highest BCUT2D eigenvalue weighted by atomic mass is 16.7. The molecule has 2 atom stereocenters. The number of ether oxygens (including phenoxy) is 1. The number of hydrogen-bond donors (Lipinski definition) is 1. The zero-order chi connectivity index (χ0) is 9.14. The summed E-state index contributed by atoms with van der Waals surface area (Å²) in [4.78, 5) is 16.2. The highest BCUT2D eigenvalue weighted by Gasteiger charge is 2.34. The number of nitrogens with two attached hydrogens (primary N) is 1. The Balaban J connectivity index is 2.40. The van der Waals surface area contributed by atoms with E-state index >= 15 is 0 Å². The summed E-state index contributed by atoms with van der Waals surface area (Å²) in [7, 11) is 1.70. The van der Waals surface area contributed by atoms with Gasteiger partial charge in [0.25, 0.3) is 0 Å². The van der Waals surface area contributed by atoms with Crippen molar-refractivity contribution >= 4 is 5.97 Å². The van der Waals surface area contributed by atoms with Crippen molar-refractivity contribution in [1.29, 1.82) is 0 Å². The lowest BCUT2D eigenvalue weighted by Crippen LogP contribution is -2.31. The smallest absolute Gasteiger partial charge is 0.337 e. The molecule has 0 radical (unpaired) electrons. The fourth-order valence-corrected chi connectivity index (χ4v) is 1.06. The fraction of sp³-hybridized carbons (Fsp3) is 0.857. The number of carbonyl (C=O) groups excluding carboxylic acids is 1. The monoisotopic (exact) mass is 174 g/mol. The first-order valence-corrected chi connectivity index (χ1v) is 3.97. The minimum absolute atomic E-state index is 0.209. The molecule has 12 heavy (non-hydrogen) atoms. The van der Waals surface area contributed by atoms with E-state index in [-0.39, 0.29) is 12.1 Å². The molecule has 0 aromatic heterocycles. The molecule has 1 aliphatic heterocycles. The van der Waals surface area contributed by atoms with E-state index in [1.807, 2.05) is 0 Å². The van der Waals surface area contributed by atoms with Crippen LogP contribution in [0.15, 0.2) is 0 Å². The van der Waals surface area contributed by atoms with Crippen LogP contribution in [0, 0.1) is 0 Å². The number of esters is 1. The van der Waals surface area contributed by atoms with Gasteiger partial charge in [0.2, 0.25) is 0 Å². The van der Waals surface area contributed by atoms with Crippen LogP contribution in [0.25, 0.3) is 0 Å². The van der Waals surface area contributed by atoms with Crippen LogP contribution in [-0.4, -0.2) is 37.0 Å². The molecule has 5 nitrogen and oxygen atoms in total. The van der Waals surface area contributed by atoms with Crippen molar-refractivity contribution in [2.75, 3.05) is 13.7 Å². The summed E-state index contributed by atoms with van der Waals surface area (Å²) in [5.41, 5.74) is 5.60. The molecule has 1 saturated heterocycles. The maximum Gasteiger partial charge on any atom is 0.337 e. The number of hydroxylamine groups is 2. The van der Waals surface area contributed by atoms with Crippen LogP contribution in [0.4, 0.5) is 0 Å². The lowest BCUT2D eigenvalue weighted by Gasteiger charge is -2.11. The largest absolute Gasteiger partial charge is 0.464 e. The van der Waals surface area contributed by atoms with Crippen LogP contribution in [0.3, 0.4) is 0 Å². The topological polar surface area (TPSA) is 64.8 Å². The first-order chi connectivity index (χ1) is 5.65. The van der Waals surface area contributed by atoms with E-state index in [1.54, 1.807) is 14.0 Å². The van der Waals surface area contributed by atoms with Crippen LogP contribution in [0.1, 0.15) is 13.3 Å². The van der Waals surface area contributed by atoms with Gasteiger partial charge in [-0.2, -0.15) is 5.06 Å². The number of nitrogens with zero attached hydrogens (tertiary/aromatic N) is 1. The third kappa shape index (κ3) is 1.94. The van der Waals surface area contributed by atoms with Crippen molar-refractivity contribution < 1.29 is 14.4 Å². The molecular formula is C7H14N2O3. The second-order valence-electron chi connectivity index (χ2n) is 2.70. The van der Waals surface area contributed by atoms with Gasteiger partial charge in [-0.25, -0.2) is 4.79 Å². The number of carbonyl (C=O) groups is 1. The third-order valence-electron chi connectivity index (χ3n) is 1.77. The molecule has 2 N–H and O–H groups in total. The highest BCUT2D eigenvalue weighted by molar-refractivity contribution is 5.74. The molecule has 5 heteroatoms. The quantitative estimate of drug-likeness (QED) is 0.570. The van der Waals surface area contributed by atoms with Gasteiger partial charge in [-0.3, -0.25) is 4.84 Å². The Morgan fingerprint density at radius 1 is 1.83 bits per heavy atom. The molecule has 0 bridgehead atoms. The Morgan fingerprint density at radius 2 is 2.50 bits per heavy atom. The Hall–Kier alpha value is -0.650. The summed E-state index contributed by atoms with van der Waals surface area (Å²) in [6, 6.07) is 0. The van der Waals surface area contributed by atoms with Gasteiger partial charge in [0.1, 0.15) is 0 Å². The first-order valence-electron chi connectivity index (χ1n) is 3.97. The average molecular weight is 174 g/mol. The molecule has 0 aliphatic carbocycles. The van der Waals surface area contributed by atoms with Gasteiger partial charge >= 0.3 is 5.97 Å². The molecule has 0 saturated carbocycles. The SMILES string of the molecule is CCOC(=O)[C@H]1C[C@@H](N)N(C)O1. The van der Waals surface area contributed by atoms with E-state index in [4.69, 9.17) is 15.3 Å². The van der Waals surface area contributed by atoms with Gasteiger partial charge < -0.3 is 10.5 Å². The van der Waals surface area contributed by atoms with E-state index in [0.29, 0.717) is 13.0 Å². The molecule has 1 aliphatic rings. The predicted molar refractivity (Wildman–Crippen MR) is 41.9 cm³/mol. The van der Waals surface area contributed by atoms with Crippen molar-refractivity contribution in [1.82, 2.24) is 5.06 Å². The minimum Gasteiger partial charge on any atom is -0.464 e. The van der Waals surface area contributed by atoms with E-state index in [1.165, 1.54) is 5.06 Å². The standard InChI is InChI=1S/C7H14N2O3/c1-3-11-7(10)5-4-6(8)9(2)12-5/h5-6H,3-4,8H2,1-2H3/t5-,6+/m1/s1. The van der Waals surface area contributed by atoms with Crippen LogP contribution >= 0.6 is 0 Å². The zero-order valence-corrected chi connectivity index (χ0v) is 7.32. The van der Waals surface area contributed by atoms with Crippen molar-refractivity contribution in [3.63, 3.8) is 0 Å². The predicted octanol–water partition coefficient (Wildman–Crippen LogP) is -0.530. The molecule has 0 spiro atoms. The minimum atomic E-state index is -0.523. The van der Waals surface area contributed by atoms with E-state index in [2.05, 4.69) is 0 Å². The molecule has 0 amide bonds. The van der Waals surface area contributed by atoms with Gasteiger partial charge in [-0.1, -0.05) is 0 Å². The molecule has 0 aromatic rings. The Kier molecular flexibility index (Phi) is 3.02. The van der Waals surface area contributed by atoms with Crippen molar-refractivity contribution in [3.05, 3.63) is 0 Å². The van der Waals surface area contributed by atoms with Gasteiger partial charge in [-0.05, 0) is 6.92 Å². The van der Waals surface area contributed by atoms with E-state index < -0.39 is 6.10 Å². The first kappa shape index (κ1) is 9.44. The Morgan fingerprint density at radius 3 is 2.92 bits per heavy atom. The molecule has 0 unspecified atom stereocenters. The van der Waals surface area contributed by atoms with Crippen LogP contribution in [0.5, 0.6) is 0 Å². The van der Waals surface area contributed by atoms with Crippen LogP contribution in [-0.2, 0) is 14.4 Å². The maximum atomic E-state index is 11.1. The van der Waals surface area contributed by atoms with Gasteiger partial charge in [0, 0.05) is 13.5 Å². The van der Waals surface area contributed by atoms with Crippen LogP contribution in [0.2, 0.25) is 0 Å². The fourth-order valence-electron chi connectivity index (χ4n) is 1.06. The second-order valence-corrected chi connectivity index (χ2v) is 2.70. The summed E-state index contributed by atoms with van der Waals surface area (Å²) in [5.74, 6) is -0.336. The van der Waals surface area contributed by atoms with Crippen molar-refractivity contribution in [3.8, 4) is 0 Å². The maximum absolute atomic E-state index is 11.1. The lowest BCUT2D eigenvalue weighted by atomic mass is 10.2. The molecule has 1 heterocycles. The Labute approximate surface area is 71.4 Å². The number of rotatable bonds is 2. The third-order valence-corrected chi connectivity index (χ3v) is 1.77. The summed E-state index contributed by atoms with van der Waals surface area (Å²) < 4.78 is 4.78. The lowest BCUT2D eigenvalue weighted by molar-refractivity contribution is -0.180. The summed E-state index contributed by atoms with van der Waals surface area (Å²) in [5, 5.41) is 1.47. The molecular weight excluding hydrogens is 160 g/mol. The molecule has 1 rings (SSSR count).